The second-order valence-corrected chi connectivity index (χ2v) is 10.4. The molecule has 4 nitrogen and oxygen atoms in total. The highest BCUT2D eigenvalue weighted by molar-refractivity contribution is 7.89. The largest absolute Gasteiger partial charge is 0.296 e. The molecule has 2 aromatic carbocycles. The van der Waals surface area contributed by atoms with E-state index in [1.54, 1.807) is 16.4 Å². The van der Waals surface area contributed by atoms with Gasteiger partial charge in [-0.15, -0.1) is 0 Å². The molecule has 0 unspecified atom stereocenters. The summed E-state index contributed by atoms with van der Waals surface area (Å²) in [5.74, 6) is 0. The Morgan fingerprint density at radius 3 is 1.93 bits per heavy atom. The molecule has 1 aliphatic heterocycles. The summed E-state index contributed by atoms with van der Waals surface area (Å²) >= 11 is 0. The van der Waals surface area contributed by atoms with Gasteiger partial charge >= 0.3 is 0 Å². The third-order valence-corrected chi connectivity index (χ3v) is 7.13. The van der Waals surface area contributed by atoms with Crippen LogP contribution in [0.5, 0.6) is 0 Å². The number of hydrogen-bond acceptors (Lipinski definition) is 3. The fraction of sp³-hybridized carbons (Fsp3) is 0.455. The van der Waals surface area contributed by atoms with Crippen LogP contribution in [0.4, 0.5) is 0 Å². The minimum atomic E-state index is -3.42. The molecule has 27 heavy (non-hydrogen) atoms. The van der Waals surface area contributed by atoms with E-state index >= 15 is 0 Å². The second-order valence-electron chi connectivity index (χ2n) is 8.44. The van der Waals surface area contributed by atoms with Crippen molar-refractivity contribution in [1.82, 2.24) is 9.21 Å². The quantitative estimate of drug-likeness (QED) is 0.802. The van der Waals surface area contributed by atoms with Gasteiger partial charge in [0.1, 0.15) is 0 Å². The fourth-order valence-corrected chi connectivity index (χ4v) is 4.78. The highest BCUT2D eigenvalue weighted by atomic mass is 32.2. The predicted molar refractivity (Wildman–Crippen MR) is 110 cm³/mol. The molecule has 0 spiro atoms. The number of aryl methyl sites for hydroxylation is 1. The van der Waals surface area contributed by atoms with Crippen molar-refractivity contribution in [2.45, 2.75) is 44.6 Å². The Morgan fingerprint density at radius 2 is 1.41 bits per heavy atom. The molecule has 0 saturated carbocycles. The van der Waals surface area contributed by atoms with Gasteiger partial charge in [0.05, 0.1) is 4.90 Å². The topological polar surface area (TPSA) is 40.6 Å². The van der Waals surface area contributed by atoms with Crippen LogP contribution in [0, 0.1) is 6.92 Å². The Hall–Kier alpha value is -1.69. The van der Waals surface area contributed by atoms with Crippen molar-refractivity contribution in [2.75, 3.05) is 26.2 Å². The van der Waals surface area contributed by atoms with E-state index in [1.807, 2.05) is 12.1 Å². The maximum absolute atomic E-state index is 13.0. The van der Waals surface area contributed by atoms with E-state index in [0.29, 0.717) is 18.0 Å². The lowest BCUT2D eigenvalue weighted by Crippen LogP contribution is -2.48. The van der Waals surface area contributed by atoms with E-state index in [1.165, 1.54) is 11.1 Å². The van der Waals surface area contributed by atoms with Crippen LogP contribution in [-0.2, 0) is 22.0 Å². The van der Waals surface area contributed by atoms with E-state index < -0.39 is 10.0 Å². The Morgan fingerprint density at radius 1 is 0.852 bits per heavy atom. The van der Waals surface area contributed by atoms with Gasteiger partial charge in [-0.25, -0.2) is 8.42 Å². The zero-order valence-electron chi connectivity index (χ0n) is 16.8. The van der Waals surface area contributed by atoms with Crippen LogP contribution >= 0.6 is 0 Å². The van der Waals surface area contributed by atoms with Crippen LogP contribution in [0.2, 0.25) is 0 Å². The van der Waals surface area contributed by atoms with E-state index in [0.717, 1.165) is 25.2 Å². The standard InChI is InChI=1S/C22H30N2O2S/c1-18-5-7-19(8-6-18)17-23-13-15-24(16-14-23)27(25,26)21-11-9-20(10-12-21)22(2,3)4/h5-12H,13-17H2,1-4H3. The summed E-state index contributed by atoms with van der Waals surface area (Å²) in [6, 6.07) is 15.9. The Bertz CT molecular complexity index is 858. The van der Waals surface area contributed by atoms with Crippen LogP contribution < -0.4 is 0 Å². The van der Waals surface area contributed by atoms with Gasteiger partial charge in [0.25, 0.3) is 0 Å². The van der Waals surface area contributed by atoms with E-state index in [2.05, 4.69) is 56.9 Å². The van der Waals surface area contributed by atoms with Crippen LogP contribution in [0.15, 0.2) is 53.4 Å². The van der Waals surface area contributed by atoms with Crippen molar-refractivity contribution in [3.05, 3.63) is 65.2 Å². The summed E-state index contributed by atoms with van der Waals surface area (Å²) < 4.78 is 27.5. The highest BCUT2D eigenvalue weighted by Gasteiger charge is 2.28. The molecular formula is C22H30N2O2S. The first-order valence-corrected chi connectivity index (χ1v) is 11.0. The van der Waals surface area contributed by atoms with Gasteiger partial charge in [-0.05, 0) is 35.6 Å². The number of rotatable bonds is 4. The minimum absolute atomic E-state index is 0.0178. The third kappa shape index (κ3) is 4.78. The Kier molecular flexibility index (Phi) is 5.75. The molecule has 0 N–H and O–H groups in total. The molecule has 2 aromatic rings. The van der Waals surface area contributed by atoms with E-state index in [-0.39, 0.29) is 5.41 Å². The number of benzene rings is 2. The Balaban J connectivity index is 1.63. The van der Waals surface area contributed by atoms with Crippen LogP contribution in [-0.4, -0.2) is 43.8 Å². The van der Waals surface area contributed by atoms with E-state index in [4.69, 9.17) is 0 Å². The molecule has 5 heteroatoms. The summed E-state index contributed by atoms with van der Waals surface area (Å²) in [5, 5.41) is 0. The Labute approximate surface area is 163 Å². The van der Waals surface area contributed by atoms with Crippen LogP contribution in [0.3, 0.4) is 0 Å². The molecule has 0 amide bonds. The van der Waals surface area contributed by atoms with Gasteiger partial charge in [0.15, 0.2) is 0 Å². The van der Waals surface area contributed by atoms with Crippen LogP contribution in [0.25, 0.3) is 0 Å². The van der Waals surface area contributed by atoms with Gasteiger partial charge in [0.2, 0.25) is 10.0 Å². The highest BCUT2D eigenvalue weighted by Crippen LogP contribution is 2.25. The SMILES string of the molecule is Cc1ccc(CN2CCN(S(=O)(=O)c3ccc(C(C)(C)C)cc3)CC2)cc1. The molecule has 1 aliphatic rings. The lowest BCUT2D eigenvalue weighted by Gasteiger charge is -2.34. The van der Waals surface area contributed by atoms with Crippen molar-refractivity contribution in [3.63, 3.8) is 0 Å². The zero-order chi connectivity index (χ0) is 19.7. The van der Waals surface area contributed by atoms with Gasteiger partial charge in [0, 0.05) is 32.7 Å². The number of piperazine rings is 1. The average molecular weight is 387 g/mol. The molecule has 0 atom stereocenters. The second kappa shape index (κ2) is 7.74. The third-order valence-electron chi connectivity index (χ3n) is 5.22. The molecule has 1 saturated heterocycles. The molecule has 0 aliphatic carbocycles. The first-order valence-electron chi connectivity index (χ1n) is 9.55. The zero-order valence-corrected chi connectivity index (χ0v) is 17.6. The van der Waals surface area contributed by atoms with Crippen molar-refractivity contribution in [2.24, 2.45) is 0 Å². The smallest absolute Gasteiger partial charge is 0.243 e. The van der Waals surface area contributed by atoms with Gasteiger partial charge < -0.3 is 0 Å². The molecule has 0 bridgehead atoms. The summed E-state index contributed by atoms with van der Waals surface area (Å²) in [5.41, 5.74) is 3.69. The molecule has 146 valence electrons. The number of nitrogens with zero attached hydrogens (tertiary/aromatic N) is 2. The predicted octanol–water partition coefficient (Wildman–Crippen LogP) is 3.80. The fourth-order valence-electron chi connectivity index (χ4n) is 3.36. The van der Waals surface area contributed by atoms with Gasteiger partial charge in [-0.3, -0.25) is 4.90 Å². The van der Waals surface area contributed by atoms with Crippen molar-refractivity contribution >= 4 is 10.0 Å². The number of sulfonamides is 1. The normalized spacial score (nSPS) is 17.2. The van der Waals surface area contributed by atoms with Crippen LogP contribution in [0.1, 0.15) is 37.5 Å². The summed E-state index contributed by atoms with van der Waals surface area (Å²) in [6.07, 6.45) is 0. The van der Waals surface area contributed by atoms with Crippen molar-refractivity contribution in [3.8, 4) is 0 Å². The lowest BCUT2D eigenvalue weighted by molar-refractivity contribution is 0.181. The van der Waals surface area contributed by atoms with Crippen molar-refractivity contribution in [1.29, 1.82) is 0 Å². The summed E-state index contributed by atoms with van der Waals surface area (Å²) in [6.45, 7) is 11.9. The molecular weight excluding hydrogens is 356 g/mol. The lowest BCUT2D eigenvalue weighted by atomic mass is 9.87. The molecule has 1 fully saturated rings. The summed E-state index contributed by atoms with van der Waals surface area (Å²) in [7, 11) is -3.42. The molecule has 3 rings (SSSR count). The van der Waals surface area contributed by atoms with Gasteiger partial charge in [-0.2, -0.15) is 4.31 Å². The molecule has 0 radical (unpaired) electrons. The maximum atomic E-state index is 13.0. The monoisotopic (exact) mass is 386 g/mol. The van der Waals surface area contributed by atoms with Crippen molar-refractivity contribution < 1.29 is 8.42 Å². The summed E-state index contributed by atoms with van der Waals surface area (Å²) in [4.78, 5) is 2.71. The average Bonchev–Trinajstić information content (AvgIpc) is 2.63. The van der Waals surface area contributed by atoms with Gasteiger partial charge in [-0.1, -0.05) is 62.7 Å². The molecule has 0 aromatic heterocycles. The first kappa shape index (κ1) is 20.1. The number of hydrogen-bond donors (Lipinski definition) is 0. The maximum Gasteiger partial charge on any atom is 0.243 e. The molecule has 1 heterocycles. The minimum Gasteiger partial charge on any atom is -0.296 e. The van der Waals surface area contributed by atoms with E-state index in [9.17, 15) is 8.42 Å². The first-order chi connectivity index (χ1) is 12.7.